The van der Waals surface area contributed by atoms with Gasteiger partial charge in [0.25, 0.3) is 0 Å². The van der Waals surface area contributed by atoms with Crippen LogP contribution in [0.2, 0.25) is 0 Å². The average Bonchev–Trinajstić information content (AvgIpc) is 2.66. The highest BCUT2D eigenvalue weighted by molar-refractivity contribution is 5.78. The highest BCUT2D eigenvalue weighted by atomic mass is 16.5. The summed E-state index contributed by atoms with van der Waals surface area (Å²) in [6.07, 6.45) is 11.3. The fraction of sp³-hybridized carbons (Fsp3) is 0.769. The summed E-state index contributed by atoms with van der Waals surface area (Å²) in [6, 6.07) is 0. The second kappa shape index (κ2) is 6.52. The Balaban J connectivity index is 1.80. The lowest BCUT2D eigenvalue weighted by Crippen LogP contribution is -2.38. The van der Waals surface area contributed by atoms with Crippen molar-refractivity contribution in [3.8, 4) is 0 Å². The Morgan fingerprint density at radius 2 is 2.06 bits per heavy atom. The Bertz CT molecular complexity index is 280. The molecule has 2 N–H and O–H groups in total. The molecule has 0 saturated carbocycles. The van der Waals surface area contributed by atoms with Crippen molar-refractivity contribution < 1.29 is 4.74 Å². The molecule has 0 amide bonds. The molecule has 4 heteroatoms. The zero-order valence-electron chi connectivity index (χ0n) is 10.5. The van der Waals surface area contributed by atoms with Gasteiger partial charge in [0.15, 0.2) is 5.96 Å². The second-order valence-corrected chi connectivity index (χ2v) is 4.81. The maximum Gasteiger partial charge on any atom is 0.191 e. The van der Waals surface area contributed by atoms with E-state index >= 15 is 0 Å². The largest absolute Gasteiger partial charge is 0.496 e. The first-order valence-corrected chi connectivity index (χ1v) is 6.71. The number of likely N-dealkylation sites (tertiary alicyclic amines) is 1. The minimum absolute atomic E-state index is 0.213. The fourth-order valence-corrected chi connectivity index (χ4v) is 2.31. The van der Waals surface area contributed by atoms with E-state index < -0.39 is 0 Å². The zero-order chi connectivity index (χ0) is 11.9. The van der Waals surface area contributed by atoms with Crippen LogP contribution in [0, 0.1) is 0 Å². The molecule has 96 valence electrons. The molecule has 2 heterocycles. The van der Waals surface area contributed by atoms with Gasteiger partial charge in [0, 0.05) is 13.1 Å². The van der Waals surface area contributed by atoms with E-state index in [0.29, 0.717) is 12.5 Å². The number of ether oxygens (including phenoxy) is 1. The maximum atomic E-state index is 6.04. The zero-order valence-corrected chi connectivity index (χ0v) is 10.5. The Hall–Kier alpha value is -1.19. The van der Waals surface area contributed by atoms with E-state index in [2.05, 4.69) is 16.0 Å². The third-order valence-electron chi connectivity index (χ3n) is 3.41. The van der Waals surface area contributed by atoms with Gasteiger partial charge in [-0.25, -0.2) is 4.99 Å². The van der Waals surface area contributed by atoms with Gasteiger partial charge in [-0.05, 0) is 31.8 Å². The number of hydrogen-bond donors (Lipinski definition) is 1. The number of hydrogen-bond acceptors (Lipinski definition) is 2. The van der Waals surface area contributed by atoms with Crippen LogP contribution in [0.1, 0.15) is 38.5 Å². The first kappa shape index (κ1) is 12.3. The molecule has 0 aromatic heterocycles. The highest BCUT2D eigenvalue weighted by Gasteiger charge is 2.13. The van der Waals surface area contributed by atoms with Crippen LogP contribution in [-0.2, 0) is 4.74 Å². The third kappa shape index (κ3) is 3.95. The molecule has 2 rings (SSSR count). The molecule has 0 spiro atoms. The number of aliphatic imine (C=N–C) groups is 1. The first-order chi connectivity index (χ1) is 8.36. The van der Waals surface area contributed by atoms with Crippen LogP contribution in [0.25, 0.3) is 0 Å². The van der Waals surface area contributed by atoms with E-state index in [1.807, 2.05) is 0 Å². The molecule has 4 nitrogen and oxygen atoms in total. The number of nitrogens with zero attached hydrogens (tertiary/aromatic N) is 2. The lowest BCUT2D eigenvalue weighted by Gasteiger charge is -2.22. The molecule has 0 aliphatic carbocycles. The number of rotatable bonds is 2. The van der Waals surface area contributed by atoms with Crippen LogP contribution < -0.4 is 5.73 Å². The lowest BCUT2D eigenvalue weighted by molar-refractivity contribution is 0.131. The molecule has 1 fully saturated rings. The maximum absolute atomic E-state index is 6.04. The number of guanidine groups is 1. The summed E-state index contributed by atoms with van der Waals surface area (Å²) in [5.41, 5.74) is 6.04. The Kier molecular flexibility index (Phi) is 4.71. The predicted molar refractivity (Wildman–Crippen MR) is 69.8 cm³/mol. The van der Waals surface area contributed by atoms with Gasteiger partial charge in [-0.15, -0.1) is 0 Å². The van der Waals surface area contributed by atoms with Crippen molar-refractivity contribution in [3.63, 3.8) is 0 Å². The molecular weight excluding hydrogens is 214 g/mol. The predicted octanol–water partition coefficient (Wildman–Crippen LogP) is 1.87. The van der Waals surface area contributed by atoms with Gasteiger partial charge in [0.05, 0.1) is 12.8 Å². The van der Waals surface area contributed by atoms with Crippen LogP contribution >= 0.6 is 0 Å². The normalized spacial score (nSPS) is 26.5. The van der Waals surface area contributed by atoms with Gasteiger partial charge < -0.3 is 15.4 Å². The smallest absolute Gasteiger partial charge is 0.191 e. The Morgan fingerprint density at radius 3 is 2.71 bits per heavy atom. The van der Waals surface area contributed by atoms with E-state index in [1.54, 1.807) is 6.26 Å². The van der Waals surface area contributed by atoms with Crippen molar-refractivity contribution in [2.45, 2.75) is 44.6 Å². The third-order valence-corrected chi connectivity index (χ3v) is 3.41. The summed E-state index contributed by atoms with van der Waals surface area (Å²) in [6.45, 7) is 2.80. The molecule has 2 aliphatic rings. The quantitative estimate of drug-likeness (QED) is 0.589. The molecule has 0 aromatic rings. The summed E-state index contributed by atoms with van der Waals surface area (Å²) < 4.78 is 5.48. The highest BCUT2D eigenvalue weighted by Crippen LogP contribution is 2.12. The second-order valence-electron chi connectivity index (χ2n) is 4.81. The van der Waals surface area contributed by atoms with Crippen LogP contribution in [0.4, 0.5) is 0 Å². The van der Waals surface area contributed by atoms with Crippen molar-refractivity contribution >= 4 is 5.96 Å². The minimum Gasteiger partial charge on any atom is -0.496 e. The lowest BCUT2D eigenvalue weighted by atomic mass is 10.2. The van der Waals surface area contributed by atoms with E-state index in [4.69, 9.17) is 10.5 Å². The van der Waals surface area contributed by atoms with E-state index in [9.17, 15) is 0 Å². The van der Waals surface area contributed by atoms with Gasteiger partial charge in [-0.2, -0.15) is 0 Å². The molecule has 1 saturated heterocycles. The van der Waals surface area contributed by atoms with Gasteiger partial charge in [0.1, 0.15) is 6.10 Å². The van der Waals surface area contributed by atoms with Crippen LogP contribution in [-0.4, -0.2) is 36.6 Å². The van der Waals surface area contributed by atoms with Crippen LogP contribution in [0.5, 0.6) is 0 Å². The molecule has 0 radical (unpaired) electrons. The molecule has 1 unspecified atom stereocenters. The average molecular weight is 237 g/mol. The summed E-state index contributed by atoms with van der Waals surface area (Å²) >= 11 is 0. The SMILES string of the molecule is NC(=NCC1CCC=CO1)N1CCCCCC1. The summed E-state index contributed by atoms with van der Waals surface area (Å²) in [4.78, 5) is 6.69. The van der Waals surface area contributed by atoms with Crippen molar-refractivity contribution in [2.24, 2.45) is 10.7 Å². The summed E-state index contributed by atoms with van der Waals surface area (Å²) in [5.74, 6) is 0.699. The van der Waals surface area contributed by atoms with Gasteiger partial charge in [-0.1, -0.05) is 12.8 Å². The molecule has 1 atom stereocenters. The Labute approximate surface area is 104 Å². The summed E-state index contributed by atoms with van der Waals surface area (Å²) in [5, 5.41) is 0. The van der Waals surface area contributed by atoms with Gasteiger partial charge in [0.2, 0.25) is 0 Å². The van der Waals surface area contributed by atoms with Crippen LogP contribution in [0.15, 0.2) is 17.3 Å². The van der Waals surface area contributed by atoms with Gasteiger partial charge in [-0.3, -0.25) is 0 Å². The molecule has 0 bridgehead atoms. The Morgan fingerprint density at radius 1 is 1.29 bits per heavy atom. The molecule has 0 aromatic carbocycles. The molecular formula is C13H23N3O. The van der Waals surface area contributed by atoms with Gasteiger partial charge >= 0.3 is 0 Å². The molecule has 17 heavy (non-hydrogen) atoms. The van der Waals surface area contributed by atoms with Crippen molar-refractivity contribution in [1.29, 1.82) is 0 Å². The van der Waals surface area contributed by atoms with E-state index in [0.717, 1.165) is 25.9 Å². The van der Waals surface area contributed by atoms with Crippen molar-refractivity contribution in [1.82, 2.24) is 4.90 Å². The number of nitrogens with two attached hydrogens (primary N) is 1. The topological polar surface area (TPSA) is 50.9 Å². The standard InChI is InChI=1S/C13H23N3O/c14-13(16-8-4-1-2-5-9-16)15-11-12-7-3-6-10-17-12/h6,10,12H,1-5,7-9,11H2,(H2,14,15). The monoisotopic (exact) mass is 237 g/mol. The summed E-state index contributed by atoms with van der Waals surface area (Å²) in [7, 11) is 0. The van der Waals surface area contributed by atoms with E-state index in [-0.39, 0.29) is 6.10 Å². The van der Waals surface area contributed by atoms with E-state index in [1.165, 1.54) is 25.7 Å². The fourth-order valence-electron chi connectivity index (χ4n) is 2.31. The minimum atomic E-state index is 0.213. The first-order valence-electron chi connectivity index (χ1n) is 6.71. The van der Waals surface area contributed by atoms with Crippen molar-refractivity contribution in [2.75, 3.05) is 19.6 Å². The molecule has 2 aliphatic heterocycles. The van der Waals surface area contributed by atoms with Crippen molar-refractivity contribution in [3.05, 3.63) is 12.3 Å². The van der Waals surface area contributed by atoms with Crippen LogP contribution in [0.3, 0.4) is 0 Å². The number of allylic oxidation sites excluding steroid dienone is 1.